The zero-order chi connectivity index (χ0) is 11.2. The maximum Gasteiger partial charge on any atom is 0.220 e. The van der Waals surface area contributed by atoms with Crippen LogP contribution in [0.25, 0.3) is 0 Å². The highest BCUT2D eigenvalue weighted by Gasteiger charge is 2.22. The number of amides is 1. The molecule has 5 nitrogen and oxygen atoms in total. The lowest BCUT2D eigenvalue weighted by molar-refractivity contribution is -0.121. The van der Waals surface area contributed by atoms with Gasteiger partial charge in [-0.3, -0.25) is 4.79 Å². The van der Waals surface area contributed by atoms with Crippen molar-refractivity contribution in [3.05, 3.63) is 18.2 Å². The van der Waals surface area contributed by atoms with Gasteiger partial charge in [-0.05, 0) is 25.8 Å². The van der Waals surface area contributed by atoms with E-state index in [0.29, 0.717) is 12.5 Å². The summed E-state index contributed by atoms with van der Waals surface area (Å²) in [5.74, 6) is 0.186. The van der Waals surface area contributed by atoms with Crippen molar-refractivity contribution in [2.75, 3.05) is 6.54 Å². The number of rotatable bonds is 7. The minimum absolute atomic E-state index is 0.186. The van der Waals surface area contributed by atoms with Crippen LogP contribution in [0, 0.1) is 0 Å². The number of H-pyrrole nitrogens is 1. The molecule has 1 saturated carbocycles. The number of carbonyl (C=O) groups is 1. The first-order valence-electron chi connectivity index (χ1n) is 5.82. The van der Waals surface area contributed by atoms with E-state index in [9.17, 15) is 4.79 Å². The molecule has 1 aliphatic rings. The number of imidazole rings is 1. The lowest BCUT2D eigenvalue weighted by Crippen LogP contribution is -2.26. The van der Waals surface area contributed by atoms with Crippen LogP contribution in [0.5, 0.6) is 0 Å². The summed E-state index contributed by atoms with van der Waals surface area (Å²) in [5.41, 5.74) is 1.07. The summed E-state index contributed by atoms with van der Waals surface area (Å²) in [4.78, 5) is 18.3. The van der Waals surface area contributed by atoms with E-state index in [2.05, 4.69) is 20.6 Å². The lowest BCUT2D eigenvalue weighted by atomic mass is 10.3. The van der Waals surface area contributed by atoms with Gasteiger partial charge in [-0.2, -0.15) is 0 Å². The van der Waals surface area contributed by atoms with Crippen molar-refractivity contribution in [2.45, 2.75) is 38.3 Å². The molecule has 0 atom stereocenters. The van der Waals surface area contributed by atoms with Crippen LogP contribution in [0.2, 0.25) is 0 Å². The predicted octanol–water partition coefficient (Wildman–Crippen LogP) is 0.558. The molecule has 2 rings (SSSR count). The Morgan fingerprint density at radius 1 is 1.56 bits per heavy atom. The molecular weight excluding hydrogens is 204 g/mol. The Kier molecular flexibility index (Phi) is 3.93. The van der Waals surface area contributed by atoms with Gasteiger partial charge in [-0.15, -0.1) is 0 Å². The van der Waals surface area contributed by atoms with Crippen LogP contribution in [-0.2, 0) is 11.3 Å². The molecular formula is C11H18N4O. The lowest BCUT2D eigenvalue weighted by Gasteiger charge is -2.04. The number of nitrogens with zero attached hydrogens (tertiary/aromatic N) is 1. The number of hydrogen-bond acceptors (Lipinski definition) is 3. The Morgan fingerprint density at radius 3 is 3.12 bits per heavy atom. The SMILES string of the molecule is O=C(CCCNCc1cnc[nH]1)NC1CC1. The average molecular weight is 222 g/mol. The molecule has 1 heterocycles. The summed E-state index contributed by atoms with van der Waals surface area (Å²) < 4.78 is 0. The molecule has 0 unspecified atom stereocenters. The van der Waals surface area contributed by atoms with Crippen LogP contribution in [0.4, 0.5) is 0 Å². The molecule has 3 N–H and O–H groups in total. The molecule has 0 spiro atoms. The summed E-state index contributed by atoms with van der Waals surface area (Å²) in [6, 6.07) is 0.477. The highest BCUT2D eigenvalue weighted by atomic mass is 16.1. The van der Waals surface area contributed by atoms with Gasteiger partial charge in [0.05, 0.1) is 6.33 Å². The first-order chi connectivity index (χ1) is 7.84. The number of nitrogens with one attached hydrogen (secondary N) is 3. The van der Waals surface area contributed by atoms with Gasteiger partial charge in [0.2, 0.25) is 5.91 Å². The molecule has 1 fully saturated rings. The Morgan fingerprint density at radius 2 is 2.44 bits per heavy atom. The van der Waals surface area contributed by atoms with Crippen molar-refractivity contribution in [1.82, 2.24) is 20.6 Å². The van der Waals surface area contributed by atoms with Crippen LogP contribution in [0.15, 0.2) is 12.5 Å². The van der Waals surface area contributed by atoms with E-state index in [0.717, 1.165) is 38.0 Å². The second-order valence-corrected chi connectivity index (χ2v) is 4.20. The monoisotopic (exact) mass is 222 g/mol. The van der Waals surface area contributed by atoms with Crippen LogP contribution < -0.4 is 10.6 Å². The van der Waals surface area contributed by atoms with Gasteiger partial charge in [0.25, 0.3) is 0 Å². The maximum atomic E-state index is 11.3. The molecule has 1 aromatic rings. The second kappa shape index (κ2) is 5.65. The molecule has 0 radical (unpaired) electrons. The summed E-state index contributed by atoms with van der Waals surface area (Å²) in [6.07, 6.45) is 7.28. The van der Waals surface area contributed by atoms with E-state index < -0.39 is 0 Å². The molecule has 0 bridgehead atoms. The van der Waals surface area contributed by atoms with Gasteiger partial charge in [-0.1, -0.05) is 0 Å². The minimum Gasteiger partial charge on any atom is -0.353 e. The molecule has 1 aliphatic carbocycles. The molecule has 1 aromatic heterocycles. The third kappa shape index (κ3) is 4.02. The van der Waals surface area contributed by atoms with E-state index in [1.54, 1.807) is 12.5 Å². The fourth-order valence-electron chi connectivity index (χ4n) is 1.51. The van der Waals surface area contributed by atoms with E-state index in [1.807, 2.05) is 0 Å². The van der Waals surface area contributed by atoms with Crippen molar-refractivity contribution in [2.24, 2.45) is 0 Å². The van der Waals surface area contributed by atoms with Crippen molar-refractivity contribution in [1.29, 1.82) is 0 Å². The largest absolute Gasteiger partial charge is 0.353 e. The van der Waals surface area contributed by atoms with Crippen molar-refractivity contribution in [3.63, 3.8) is 0 Å². The number of aromatic amines is 1. The zero-order valence-electron chi connectivity index (χ0n) is 9.33. The van der Waals surface area contributed by atoms with Gasteiger partial charge in [0, 0.05) is 30.9 Å². The number of aromatic nitrogens is 2. The predicted molar refractivity (Wildman–Crippen MR) is 60.7 cm³/mol. The third-order valence-corrected chi connectivity index (χ3v) is 2.57. The Balaban J connectivity index is 1.46. The molecule has 16 heavy (non-hydrogen) atoms. The topological polar surface area (TPSA) is 69.8 Å². The van der Waals surface area contributed by atoms with Crippen LogP contribution >= 0.6 is 0 Å². The summed E-state index contributed by atoms with van der Waals surface area (Å²) in [5, 5.41) is 6.24. The van der Waals surface area contributed by atoms with Crippen molar-refractivity contribution >= 4 is 5.91 Å². The molecule has 0 saturated heterocycles. The highest BCUT2D eigenvalue weighted by Crippen LogP contribution is 2.18. The Bertz CT molecular complexity index is 319. The number of hydrogen-bond donors (Lipinski definition) is 3. The minimum atomic E-state index is 0.186. The van der Waals surface area contributed by atoms with Gasteiger partial charge >= 0.3 is 0 Å². The van der Waals surface area contributed by atoms with Crippen LogP contribution in [0.3, 0.4) is 0 Å². The van der Waals surface area contributed by atoms with Crippen LogP contribution in [0.1, 0.15) is 31.4 Å². The molecule has 5 heteroatoms. The van der Waals surface area contributed by atoms with Gasteiger partial charge in [-0.25, -0.2) is 4.98 Å². The van der Waals surface area contributed by atoms with E-state index in [-0.39, 0.29) is 5.91 Å². The molecule has 0 aliphatic heterocycles. The Labute approximate surface area is 95.0 Å². The van der Waals surface area contributed by atoms with E-state index in [1.165, 1.54) is 0 Å². The fraction of sp³-hybridized carbons (Fsp3) is 0.636. The highest BCUT2D eigenvalue weighted by molar-refractivity contribution is 5.76. The maximum absolute atomic E-state index is 11.3. The first kappa shape index (κ1) is 11.1. The van der Waals surface area contributed by atoms with Crippen molar-refractivity contribution in [3.8, 4) is 0 Å². The molecule has 0 aromatic carbocycles. The Hall–Kier alpha value is -1.36. The van der Waals surface area contributed by atoms with Gasteiger partial charge < -0.3 is 15.6 Å². The van der Waals surface area contributed by atoms with Crippen LogP contribution in [-0.4, -0.2) is 28.5 Å². The quantitative estimate of drug-likeness (QED) is 0.590. The average Bonchev–Trinajstić information content (AvgIpc) is 2.93. The normalized spacial score (nSPS) is 15.0. The van der Waals surface area contributed by atoms with Gasteiger partial charge in [0.1, 0.15) is 0 Å². The molecule has 1 amide bonds. The van der Waals surface area contributed by atoms with E-state index in [4.69, 9.17) is 0 Å². The summed E-state index contributed by atoms with van der Waals surface area (Å²) >= 11 is 0. The first-order valence-corrected chi connectivity index (χ1v) is 5.82. The summed E-state index contributed by atoms with van der Waals surface area (Å²) in [7, 11) is 0. The number of carbonyl (C=O) groups excluding carboxylic acids is 1. The smallest absolute Gasteiger partial charge is 0.220 e. The fourth-order valence-corrected chi connectivity index (χ4v) is 1.51. The third-order valence-electron chi connectivity index (χ3n) is 2.57. The summed E-state index contributed by atoms with van der Waals surface area (Å²) in [6.45, 7) is 1.64. The molecule has 88 valence electrons. The second-order valence-electron chi connectivity index (χ2n) is 4.20. The standard InChI is InChI=1S/C11H18N4O/c16-11(15-9-3-4-9)2-1-5-12-6-10-7-13-8-14-10/h7-9,12H,1-6H2,(H,13,14)(H,15,16). The van der Waals surface area contributed by atoms with Crippen molar-refractivity contribution < 1.29 is 4.79 Å². The van der Waals surface area contributed by atoms with E-state index >= 15 is 0 Å². The zero-order valence-corrected chi connectivity index (χ0v) is 9.33. The van der Waals surface area contributed by atoms with Gasteiger partial charge in [0.15, 0.2) is 0 Å².